The second-order valence-corrected chi connectivity index (χ2v) is 6.17. The number of aliphatic carboxylic acids is 1. The number of ketones is 1. The molecular formula is C18H22N4O5. The molecule has 2 amide bonds. The van der Waals surface area contributed by atoms with Crippen LogP contribution in [-0.2, 0) is 19.2 Å². The molecule has 7 N–H and O–H groups in total. The van der Waals surface area contributed by atoms with Crippen LogP contribution in [0.2, 0.25) is 0 Å². The first-order valence-corrected chi connectivity index (χ1v) is 8.49. The van der Waals surface area contributed by atoms with Crippen molar-refractivity contribution in [2.75, 3.05) is 11.9 Å². The molecule has 1 aromatic carbocycles. The van der Waals surface area contributed by atoms with Gasteiger partial charge in [-0.1, -0.05) is 18.6 Å². The molecule has 1 aromatic rings. The number of carbonyl (C=O) groups excluding carboxylic acids is 3. The van der Waals surface area contributed by atoms with Crippen LogP contribution in [0.25, 0.3) is 0 Å². The van der Waals surface area contributed by atoms with Crippen molar-refractivity contribution in [2.45, 2.75) is 31.3 Å². The van der Waals surface area contributed by atoms with Gasteiger partial charge < -0.3 is 27.2 Å². The van der Waals surface area contributed by atoms with Gasteiger partial charge in [0.25, 0.3) is 5.91 Å². The third-order valence-electron chi connectivity index (χ3n) is 4.14. The van der Waals surface area contributed by atoms with Gasteiger partial charge in [0.2, 0.25) is 5.91 Å². The summed E-state index contributed by atoms with van der Waals surface area (Å²) in [6, 6.07) is 4.68. The summed E-state index contributed by atoms with van der Waals surface area (Å²) in [5.74, 6) is -3.14. The van der Waals surface area contributed by atoms with Gasteiger partial charge in [-0.3, -0.25) is 14.4 Å². The fourth-order valence-electron chi connectivity index (χ4n) is 2.61. The van der Waals surface area contributed by atoms with Crippen LogP contribution in [-0.4, -0.2) is 41.3 Å². The molecule has 0 aliphatic carbocycles. The van der Waals surface area contributed by atoms with Gasteiger partial charge in [0.15, 0.2) is 5.78 Å². The summed E-state index contributed by atoms with van der Waals surface area (Å²) >= 11 is 0. The first-order valence-electron chi connectivity index (χ1n) is 8.49. The minimum atomic E-state index is -1.46. The Bertz CT molecular complexity index is 772. The molecule has 9 heteroatoms. The van der Waals surface area contributed by atoms with Crippen LogP contribution in [0.4, 0.5) is 5.69 Å². The molecular weight excluding hydrogens is 352 g/mol. The number of anilines is 1. The highest BCUT2D eigenvalue weighted by molar-refractivity contribution is 6.23. The lowest BCUT2D eigenvalue weighted by Gasteiger charge is -2.21. The molecule has 1 unspecified atom stereocenters. The van der Waals surface area contributed by atoms with Gasteiger partial charge in [-0.25, -0.2) is 4.79 Å². The predicted molar refractivity (Wildman–Crippen MR) is 97.6 cm³/mol. The van der Waals surface area contributed by atoms with E-state index in [1.165, 1.54) is 0 Å². The van der Waals surface area contributed by atoms with Crippen LogP contribution in [0, 0.1) is 0 Å². The lowest BCUT2D eigenvalue weighted by atomic mass is 9.96. The molecule has 0 spiro atoms. The average molecular weight is 374 g/mol. The molecule has 9 nitrogen and oxygen atoms in total. The maximum Gasteiger partial charge on any atom is 0.341 e. The minimum absolute atomic E-state index is 0.323. The highest BCUT2D eigenvalue weighted by Crippen LogP contribution is 2.22. The van der Waals surface area contributed by atoms with Crippen LogP contribution >= 0.6 is 0 Å². The summed E-state index contributed by atoms with van der Waals surface area (Å²) in [4.78, 5) is 46.8. The Morgan fingerprint density at radius 3 is 2.44 bits per heavy atom. The normalized spacial score (nSPS) is 17.7. The van der Waals surface area contributed by atoms with Crippen LogP contribution in [0.1, 0.15) is 30.9 Å². The molecule has 1 heterocycles. The largest absolute Gasteiger partial charge is 0.477 e. The van der Waals surface area contributed by atoms with Crippen molar-refractivity contribution < 1.29 is 24.3 Å². The number of benzene rings is 1. The van der Waals surface area contributed by atoms with E-state index in [4.69, 9.17) is 16.6 Å². The van der Waals surface area contributed by atoms with E-state index >= 15 is 0 Å². The van der Waals surface area contributed by atoms with Crippen LogP contribution in [0.5, 0.6) is 0 Å². The number of carboxylic acid groups (broad SMARTS) is 1. The Morgan fingerprint density at radius 2 is 1.85 bits per heavy atom. The second-order valence-electron chi connectivity index (χ2n) is 6.17. The van der Waals surface area contributed by atoms with Gasteiger partial charge in [-0.05, 0) is 37.1 Å². The molecule has 2 rings (SSSR count). The van der Waals surface area contributed by atoms with Crippen molar-refractivity contribution in [1.29, 1.82) is 0 Å². The first-order chi connectivity index (χ1) is 12.8. The highest BCUT2D eigenvalue weighted by atomic mass is 16.4. The molecule has 1 aliphatic heterocycles. The lowest BCUT2D eigenvalue weighted by Crippen LogP contribution is -2.40. The monoisotopic (exact) mass is 374 g/mol. The number of nitrogens with two attached hydrogens (primary N) is 2. The van der Waals surface area contributed by atoms with Crippen molar-refractivity contribution >= 4 is 29.3 Å². The number of nitrogens with one attached hydrogen (secondary N) is 2. The van der Waals surface area contributed by atoms with E-state index in [-0.39, 0.29) is 5.91 Å². The zero-order valence-corrected chi connectivity index (χ0v) is 14.6. The molecule has 0 fully saturated rings. The third-order valence-corrected chi connectivity index (χ3v) is 4.14. The van der Waals surface area contributed by atoms with Crippen molar-refractivity contribution in [3.05, 3.63) is 41.5 Å². The molecule has 0 bridgehead atoms. The van der Waals surface area contributed by atoms with E-state index in [1.54, 1.807) is 24.3 Å². The van der Waals surface area contributed by atoms with Gasteiger partial charge in [0.1, 0.15) is 11.6 Å². The molecule has 27 heavy (non-hydrogen) atoms. The van der Waals surface area contributed by atoms with E-state index in [2.05, 4.69) is 10.6 Å². The Hall–Kier alpha value is -3.04. The molecule has 0 aromatic heterocycles. The molecule has 144 valence electrons. The predicted octanol–water partition coefficient (Wildman–Crippen LogP) is -0.168. The van der Waals surface area contributed by atoms with E-state index in [1.807, 2.05) is 0 Å². The number of carboxylic acids is 1. The smallest absolute Gasteiger partial charge is 0.341 e. The number of unbranched alkanes of at least 4 members (excludes halogenated alkanes) is 1. The van der Waals surface area contributed by atoms with Crippen LogP contribution < -0.4 is 22.1 Å². The number of carbonyl (C=O) groups is 4. The number of hydrogen-bond donors (Lipinski definition) is 5. The van der Waals surface area contributed by atoms with Crippen LogP contribution in [0.3, 0.4) is 0 Å². The number of rotatable bonds is 8. The molecule has 2 atom stereocenters. The Labute approximate surface area is 155 Å². The fourth-order valence-corrected chi connectivity index (χ4v) is 2.61. The molecule has 0 radical (unpaired) electrons. The van der Waals surface area contributed by atoms with Gasteiger partial charge >= 0.3 is 5.97 Å². The van der Waals surface area contributed by atoms with Crippen molar-refractivity contribution in [1.82, 2.24) is 5.32 Å². The average Bonchev–Trinajstić information content (AvgIpc) is 2.64. The Balaban J connectivity index is 2.01. The molecule has 1 aliphatic rings. The molecule has 0 saturated carbocycles. The van der Waals surface area contributed by atoms with Gasteiger partial charge in [-0.2, -0.15) is 0 Å². The summed E-state index contributed by atoms with van der Waals surface area (Å²) in [6.45, 7) is 0.551. The van der Waals surface area contributed by atoms with E-state index in [0.717, 1.165) is 18.9 Å². The van der Waals surface area contributed by atoms with E-state index < -0.39 is 35.3 Å². The molecule has 0 saturated heterocycles. The van der Waals surface area contributed by atoms with Crippen molar-refractivity contribution in [2.24, 2.45) is 11.5 Å². The van der Waals surface area contributed by atoms with Crippen LogP contribution in [0.15, 0.2) is 35.9 Å². The van der Waals surface area contributed by atoms with Gasteiger partial charge in [0.05, 0.1) is 6.04 Å². The zero-order chi connectivity index (χ0) is 20.0. The topological polar surface area (TPSA) is 165 Å². The zero-order valence-electron chi connectivity index (χ0n) is 14.6. The summed E-state index contributed by atoms with van der Waals surface area (Å²) in [5.41, 5.74) is 11.6. The summed E-state index contributed by atoms with van der Waals surface area (Å²) < 4.78 is 0. The van der Waals surface area contributed by atoms with E-state index in [0.29, 0.717) is 24.2 Å². The third kappa shape index (κ3) is 5.22. The second kappa shape index (κ2) is 9.06. The summed E-state index contributed by atoms with van der Waals surface area (Å²) in [6.07, 6.45) is 2.91. The fraction of sp³-hybridized carbons (Fsp3) is 0.333. The van der Waals surface area contributed by atoms with Crippen molar-refractivity contribution in [3.63, 3.8) is 0 Å². The SMILES string of the molecule is NCCCC[C@H](N)C(=O)Nc1ccc(C2NC(=O)C(C(=O)O)=CC2=O)cc1. The number of amides is 2. The highest BCUT2D eigenvalue weighted by Gasteiger charge is 2.31. The minimum Gasteiger partial charge on any atom is -0.477 e. The maximum atomic E-state index is 12.1. The standard InChI is InChI=1S/C18H22N4O5/c19-8-2-1-3-13(20)17(25)21-11-6-4-10(5-7-11)15-14(23)9-12(18(26)27)16(24)22-15/h4-7,9,13,15H,1-3,8,19-20H2,(H,21,25)(H,22,24)(H,26,27)/t13-,15?/m0/s1. The quantitative estimate of drug-likeness (QED) is 0.311. The van der Waals surface area contributed by atoms with Gasteiger partial charge in [-0.15, -0.1) is 0 Å². The Morgan fingerprint density at radius 1 is 1.19 bits per heavy atom. The van der Waals surface area contributed by atoms with Crippen molar-refractivity contribution in [3.8, 4) is 0 Å². The van der Waals surface area contributed by atoms with Gasteiger partial charge in [0, 0.05) is 11.8 Å². The van der Waals surface area contributed by atoms with E-state index in [9.17, 15) is 19.2 Å². The summed E-state index contributed by atoms with van der Waals surface area (Å²) in [7, 11) is 0. The first kappa shape index (κ1) is 20.3. The Kier molecular flexibility index (Phi) is 6.80. The lowest BCUT2D eigenvalue weighted by molar-refractivity contribution is -0.136. The summed E-state index contributed by atoms with van der Waals surface area (Å²) in [5, 5.41) is 13.9. The maximum absolute atomic E-state index is 12.1. The number of hydrogen-bond acceptors (Lipinski definition) is 6.